The van der Waals surface area contributed by atoms with Gasteiger partial charge in [0, 0.05) is 0 Å². The summed E-state index contributed by atoms with van der Waals surface area (Å²) in [4.78, 5) is 10.1. The zero-order valence-electron chi connectivity index (χ0n) is 5.67. The van der Waals surface area contributed by atoms with Crippen molar-refractivity contribution in [1.29, 1.82) is 0 Å². The molecule has 0 aromatic heterocycles. The summed E-state index contributed by atoms with van der Waals surface area (Å²) in [6.07, 6.45) is 3.54. The van der Waals surface area contributed by atoms with Gasteiger partial charge in [-0.15, -0.1) is 0 Å². The number of aldehydes is 1. The molecule has 0 amide bonds. The summed E-state index contributed by atoms with van der Waals surface area (Å²) in [5, 5.41) is 0. The predicted octanol–water partition coefficient (Wildman–Crippen LogP) is 1.51. The molecule has 1 unspecified atom stereocenters. The number of hydrogen-bond donors (Lipinski definition) is 0. The fourth-order valence-electron chi connectivity index (χ4n) is 0.576. The maximum absolute atomic E-state index is 10.1. The van der Waals surface area contributed by atoms with Crippen molar-refractivity contribution in [2.24, 2.45) is 0 Å². The Labute approximate surface area is 55.5 Å². The van der Waals surface area contributed by atoms with E-state index in [1.54, 1.807) is 0 Å². The molecule has 52 valence electrons. The summed E-state index contributed by atoms with van der Waals surface area (Å²) >= 11 is 0. The van der Waals surface area contributed by atoms with Crippen molar-refractivity contribution in [2.75, 3.05) is 0 Å². The van der Waals surface area contributed by atoms with Crippen LogP contribution in [0.3, 0.4) is 0 Å². The van der Waals surface area contributed by atoms with Crippen LogP contribution in [0.5, 0.6) is 0 Å². The van der Waals surface area contributed by atoms with E-state index in [2.05, 4.69) is 6.58 Å². The van der Waals surface area contributed by atoms with Gasteiger partial charge in [-0.25, -0.2) is 0 Å². The third-order valence-corrected chi connectivity index (χ3v) is 0.996. The molecule has 0 radical (unpaired) electrons. The summed E-state index contributed by atoms with van der Waals surface area (Å²) in [7, 11) is 0. The minimum Gasteiger partial charge on any atom is -0.491 e. The first kappa shape index (κ1) is 8.21. The van der Waals surface area contributed by atoms with E-state index in [9.17, 15) is 4.79 Å². The molecule has 0 aliphatic carbocycles. The van der Waals surface area contributed by atoms with Crippen LogP contribution in [0, 0.1) is 0 Å². The van der Waals surface area contributed by atoms with Crippen molar-refractivity contribution in [1.82, 2.24) is 0 Å². The first-order valence-electron chi connectivity index (χ1n) is 3.06. The van der Waals surface area contributed by atoms with Gasteiger partial charge in [0.25, 0.3) is 0 Å². The molecular weight excluding hydrogens is 116 g/mol. The first-order valence-corrected chi connectivity index (χ1v) is 3.06. The van der Waals surface area contributed by atoms with Crippen LogP contribution in [-0.2, 0) is 9.53 Å². The molecule has 0 saturated carbocycles. The molecule has 0 rings (SSSR count). The third-order valence-electron chi connectivity index (χ3n) is 0.996. The minimum absolute atomic E-state index is 0.285. The predicted molar refractivity (Wildman–Crippen MR) is 36.0 cm³/mol. The van der Waals surface area contributed by atoms with E-state index in [-0.39, 0.29) is 6.10 Å². The highest BCUT2D eigenvalue weighted by Crippen LogP contribution is 1.97. The van der Waals surface area contributed by atoms with Gasteiger partial charge in [-0.3, -0.25) is 4.79 Å². The fraction of sp³-hybridized carbons (Fsp3) is 0.571. The molecule has 0 fully saturated rings. The summed E-state index contributed by atoms with van der Waals surface area (Å²) in [5.74, 6) is 0. The quantitative estimate of drug-likeness (QED) is 0.414. The van der Waals surface area contributed by atoms with Gasteiger partial charge in [-0.1, -0.05) is 19.9 Å². The molecule has 0 aromatic carbocycles. The Balaban J connectivity index is 3.40. The van der Waals surface area contributed by atoms with Crippen molar-refractivity contribution in [3.05, 3.63) is 12.8 Å². The summed E-state index contributed by atoms with van der Waals surface area (Å²) in [6.45, 7) is 5.35. The van der Waals surface area contributed by atoms with Crippen molar-refractivity contribution in [2.45, 2.75) is 25.9 Å². The Bertz CT molecular complexity index is 88.9. The minimum atomic E-state index is -0.285. The smallest absolute Gasteiger partial charge is 0.160 e. The van der Waals surface area contributed by atoms with Crippen LogP contribution in [0.25, 0.3) is 0 Å². The van der Waals surface area contributed by atoms with Gasteiger partial charge in [-0.05, 0) is 6.42 Å². The zero-order chi connectivity index (χ0) is 7.11. The Morgan fingerprint density at radius 3 is 2.78 bits per heavy atom. The summed E-state index contributed by atoms with van der Waals surface area (Å²) < 4.78 is 4.83. The lowest BCUT2D eigenvalue weighted by Crippen LogP contribution is -2.09. The van der Waals surface area contributed by atoms with Crippen LogP contribution in [0.1, 0.15) is 19.8 Å². The van der Waals surface area contributed by atoms with Gasteiger partial charge in [-0.2, -0.15) is 0 Å². The fourth-order valence-corrected chi connectivity index (χ4v) is 0.576. The van der Waals surface area contributed by atoms with E-state index in [1.807, 2.05) is 6.92 Å². The Hall–Kier alpha value is -0.790. The SMILES string of the molecule is C=COC(C=O)CCC. The molecule has 0 heterocycles. The highest BCUT2D eigenvalue weighted by Gasteiger charge is 2.01. The molecule has 0 saturated heterocycles. The molecule has 2 heteroatoms. The second-order valence-electron chi connectivity index (χ2n) is 1.77. The molecule has 0 N–H and O–H groups in total. The van der Waals surface area contributed by atoms with Crippen LogP contribution < -0.4 is 0 Å². The monoisotopic (exact) mass is 128 g/mol. The van der Waals surface area contributed by atoms with E-state index in [0.29, 0.717) is 0 Å². The zero-order valence-corrected chi connectivity index (χ0v) is 5.67. The number of carbonyl (C=O) groups is 1. The molecule has 0 bridgehead atoms. The lowest BCUT2D eigenvalue weighted by molar-refractivity contribution is -0.115. The number of carbonyl (C=O) groups excluding carboxylic acids is 1. The Morgan fingerprint density at radius 1 is 1.78 bits per heavy atom. The number of hydrogen-bond acceptors (Lipinski definition) is 2. The average molecular weight is 128 g/mol. The standard InChI is InChI=1S/C7H12O2/c1-3-5-7(6-8)9-4-2/h4,6-7H,2-3,5H2,1H3. The van der Waals surface area contributed by atoms with Crippen LogP contribution in [0.4, 0.5) is 0 Å². The summed E-state index contributed by atoms with van der Waals surface area (Å²) in [5.41, 5.74) is 0. The van der Waals surface area contributed by atoms with Crippen LogP contribution >= 0.6 is 0 Å². The van der Waals surface area contributed by atoms with Crippen LogP contribution in [0.2, 0.25) is 0 Å². The Morgan fingerprint density at radius 2 is 2.44 bits per heavy atom. The largest absolute Gasteiger partial charge is 0.491 e. The van der Waals surface area contributed by atoms with E-state index in [0.717, 1.165) is 19.1 Å². The topological polar surface area (TPSA) is 26.3 Å². The van der Waals surface area contributed by atoms with E-state index < -0.39 is 0 Å². The second kappa shape index (κ2) is 5.35. The van der Waals surface area contributed by atoms with Gasteiger partial charge in [0.05, 0.1) is 6.26 Å². The van der Waals surface area contributed by atoms with Crippen LogP contribution in [-0.4, -0.2) is 12.4 Å². The average Bonchev–Trinajstić information content (AvgIpc) is 1.88. The van der Waals surface area contributed by atoms with Gasteiger partial charge >= 0.3 is 0 Å². The Kier molecular flexibility index (Phi) is 4.88. The van der Waals surface area contributed by atoms with Crippen molar-refractivity contribution >= 4 is 6.29 Å². The molecule has 0 aromatic rings. The van der Waals surface area contributed by atoms with Gasteiger partial charge < -0.3 is 4.74 Å². The maximum Gasteiger partial charge on any atom is 0.160 e. The van der Waals surface area contributed by atoms with Crippen molar-refractivity contribution < 1.29 is 9.53 Å². The molecular formula is C7H12O2. The van der Waals surface area contributed by atoms with E-state index in [4.69, 9.17) is 4.74 Å². The van der Waals surface area contributed by atoms with Gasteiger partial charge in [0.1, 0.15) is 0 Å². The highest BCUT2D eigenvalue weighted by molar-refractivity contribution is 5.55. The van der Waals surface area contributed by atoms with Crippen LogP contribution in [0.15, 0.2) is 12.8 Å². The first-order chi connectivity index (χ1) is 4.35. The summed E-state index contributed by atoms with van der Waals surface area (Å²) in [6, 6.07) is 0. The van der Waals surface area contributed by atoms with E-state index >= 15 is 0 Å². The van der Waals surface area contributed by atoms with Gasteiger partial charge in [0.2, 0.25) is 0 Å². The molecule has 0 spiro atoms. The van der Waals surface area contributed by atoms with Crippen molar-refractivity contribution in [3.63, 3.8) is 0 Å². The molecule has 0 aliphatic heterocycles. The van der Waals surface area contributed by atoms with Crippen molar-refractivity contribution in [3.8, 4) is 0 Å². The third kappa shape index (κ3) is 3.76. The molecule has 1 atom stereocenters. The molecule has 9 heavy (non-hydrogen) atoms. The lowest BCUT2D eigenvalue weighted by atomic mass is 10.2. The maximum atomic E-state index is 10.1. The number of ether oxygens (including phenoxy) is 1. The highest BCUT2D eigenvalue weighted by atomic mass is 16.5. The second-order valence-corrected chi connectivity index (χ2v) is 1.77. The normalized spacial score (nSPS) is 12.1. The number of rotatable bonds is 5. The van der Waals surface area contributed by atoms with Gasteiger partial charge in [0.15, 0.2) is 12.4 Å². The molecule has 0 aliphatic rings. The lowest BCUT2D eigenvalue weighted by Gasteiger charge is -2.06. The van der Waals surface area contributed by atoms with E-state index in [1.165, 1.54) is 6.26 Å². The molecule has 2 nitrogen and oxygen atoms in total.